The van der Waals surface area contributed by atoms with Crippen molar-refractivity contribution in [1.82, 2.24) is 14.0 Å². The number of para-hydroxylation sites is 1. The lowest BCUT2D eigenvalue weighted by molar-refractivity contribution is 0.0794. The molecule has 0 saturated heterocycles. The minimum absolute atomic E-state index is 0.0593. The Bertz CT molecular complexity index is 1030. The normalized spacial score (nSPS) is 11.4. The molecular formula is C21H27N3O3. The maximum Gasteiger partial charge on any atom is 0.275 e. The average Bonchev–Trinajstić information content (AvgIpc) is 2.98. The highest BCUT2D eigenvalue weighted by molar-refractivity contribution is 6.17. The molecule has 0 aliphatic heterocycles. The predicted octanol–water partition coefficient (Wildman–Crippen LogP) is 3.01. The number of carbonyl (C=O) groups excluding carboxylic acids is 1. The van der Waals surface area contributed by atoms with Gasteiger partial charge in [0.1, 0.15) is 5.52 Å². The molecule has 1 amide bonds. The second-order valence-electron chi connectivity index (χ2n) is 6.91. The van der Waals surface area contributed by atoms with Gasteiger partial charge in [-0.25, -0.2) is 0 Å². The minimum Gasteiger partial charge on any atom is -0.383 e. The quantitative estimate of drug-likeness (QED) is 0.643. The largest absolute Gasteiger partial charge is 0.383 e. The molecule has 27 heavy (non-hydrogen) atoms. The Morgan fingerprint density at radius 1 is 1.26 bits per heavy atom. The Balaban J connectivity index is 2.30. The average molecular weight is 369 g/mol. The van der Waals surface area contributed by atoms with Crippen LogP contribution in [0.25, 0.3) is 21.8 Å². The lowest BCUT2D eigenvalue weighted by Crippen LogP contribution is -2.31. The van der Waals surface area contributed by atoms with Crippen LogP contribution in [0.4, 0.5) is 0 Å². The van der Waals surface area contributed by atoms with Crippen LogP contribution in [0.1, 0.15) is 30.1 Å². The first kappa shape index (κ1) is 19.2. The number of aromatic nitrogens is 2. The number of hydrogen-bond donors (Lipinski definition) is 0. The van der Waals surface area contributed by atoms with E-state index in [0.29, 0.717) is 30.8 Å². The topological polar surface area (TPSA) is 56.5 Å². The molecule has 0 aliphatic rings. The van der Waals surface area contributed by atoms with Crippen molar-refractivity contribution in [2.45, 2.75) is 26.3 Å². The number of aryl methyl sites for hydroxylation is 1. The van der Waals surface area contributed by atoms with Gasteiger partial charge in [-0.15, -0.1) is 0 Å². The van der Waals surface area contributed by atoms with Crippen molar-refractivity contribution in [3.05, 3.63) is 46.4 Å². The van der Waals surface area contributed by atoms with Crippen molar-refractivity contribution < 1.29 is 9.53 Å². The summed E-state index contributed by atoms with van der Waals surface area (Å²) in [6.07, 6.45) is 3.67. The molecule has 6 heteroatoms. The van der Waals surface area contributed by atoms with Crippen molar-refractivity contribution >= 4 is 27.7 Å². The standard InChI is InChI=1S/C21H27N3O3/c1-5-6-11-22(2)20(25)16-14-24(12-13-27-4)21(26)19-18(16)15-9-7-8-10-17(15)23(19)3/h7-10,14H,5-6,11-13H2,1-4H3. The zero-order chi connectivity index (χ0) is 19.6. The highest BCUT2D eigenvalue weighted by Crippen LogP contribution is 2.29. The lowest BCUT2D eigenvalue weighted by atomic mass is 10.1. The number of rotatable bonds is 7. The third-order valence-electron chi connectivity index (χ3n) is 5.09. The van der Waals surface area contributed by atoms with Crippen LogP contribution in [0.15, 0.2) is 35.3 Å². The maximum absolute atomic E-state index is 13.2. The monoisotopic (exact) mass is 369 g/mol. The fourth-order valence-corrected chi connectivity index (χ4v) is 3.55. The first-order chi connectivity index (χ1) is 13.0. The van der Waals surface area contributed by atoms with E-state index in [0.717, 1.165) is 29.1 Å². The van der Waals surface area contributed by atoms with Gasteiger partial charge in [0.15, 0.2) is 0 Å². The number of methoxy groups -OCH3 is 1. The second-order valence-corrected chi connectivity index (χ2v) is 6.91. The van der Waals surface area contributed by atoms with Crippen molar-refractivity contribution in [3.8, 4) is 0 Å². The zero-order valence-corrected chi connectivity index (χ0v) is 16.5. The fourth-order valence-electron chi connectivity index (χ4n) is 3.55. The first-order valence-corrected chi connectivity index (χ1v) is 9.36. The Labute approximate surface area is 158 Å². The van der Waals surface area contributed by atoms with E-state index in [1.807, 2.05) is 42.9 Å². The number of unbranched alkanes of at least 4 members (excludes halogenated alkanes) is 1. The summed E-state index contributed by atoms with van der Waals surface area (Å²) in [5, 5.41) is 1.67. The van der Waals surface area contributed by atoms with E-state index in [9.17, 15) is 9.59 Å². The van der Waals surface area contributed by atoms with E-state index >= 15 is 0 Å². The van der Waals surface area contributed by atoms with Gasteiger partial charge in [-0.2, -0.15) is 0 Å². The van der Waals surface area contributed by atoms with Crippen LogP contribution in [0, 0.1) is 0 Å². The molecule has 0 atom stereocenters. The van der Waals surface area contributed by atoms with E-state index in [2.05, 4.69) is 6.92 Å². The molecule has 0 bridgehead atoms. The first-order valence-electron chi connectivity index (χ1n) is 9.36. The Morgan fingerprint density at radius 3 is 2.70 bits per heavy atom. The third-order valence-corrected chi connectivity index (χ3v) is 5.09. The van der Waals surface area contributed by atoms with Crippen LogP contribution >= 0.6 is 0 Å². The minimum atomic E-state index is -0.103. The number of amides is 1. The number of benzene rings is 1. The summed E-state index contributed by atoms with van der Waals surface area (Å²) in [5.74, 6) is -0.0593. The summed E-state index contributed by atoms with van der Waals surface area (Å²) in [6.45, 7) is 3.62. The van der Waals surface area contributed by atoms with Gasteiger partial charge in [-0.3, -0.25) is 9.59 Å². The molecule has 0 aliphatic carbocycles. The Hall–Kier alpha value is -2.60. The molecule has 3 aromatic rings. The molecule has 1 aromatic carbocycles. The van der Waals surface area contributed by atoms with Crippen LogP contribution in [0.2, 0.25) is 0 Å². The molecule has 0 radical (unpaired) electrons. The van der Waals surface area contributed by atoms with Gasteiger partial charge in [-0.05, 0) is 12.5 Å². The van der Waals surface area contributed by atoms with Gasteiger partial charge in [-0.1, -0.05) is 31.5 Å². The van der Waals surface area contributed by atoms with E-state index < -0.39 is 0 Å². The van der Waals surface area contributed by atoms with Crippen molar-refractivity contribution in [2.24, 2.45) is 7.05 Å². The van der Waals surface area contributed by atoms with Gasteiger partial charge in [0.25, 0.3) is 11.5 Å². The number of carbonyl (C=O) groups is 1. The SMILES string of the molecule is CCCCN(C)C(=O)c1cn(CCOC)c(=O)c2c1c1ccccc1n2C. The summed E-state index contributed by atoms with van der Waals surface area (Å²) in [6, 6.07) is 7.83. The smallest absolute Gasteiger partial charge is 0.275 e. The molecule has 0 unspecified atom stereocenters. The summed E-state index contributed by atoms with van der Waals surface area (Å²) in [7, 11) is 5.30. The second kappa shape index (κ2) is 7.96. The van der Waals surface area contributed by atoms with E-state index in [1.165, 1.54) is 0 Å². The maximum atomic E-state index is 13.2. The predicted molar refractivity (Wildman–Crippen MR) is 108 cm³/mol. The Kier molecular flexibility index (Phi) is 5.65. The fraction of sp³-hybridized carbons (Fsp3) is 0.429. The van der Waals surface area contributed by atoms with Crippen LogP contribution < -0.4 is 5.56 Å². The van der Waals surface area contributed by atoms with Gasteiger partial charge in [0.2, 0.25) is 0 Å². The molecule has 0 N–H and O–H groups in total. The van der Waals surface area contributed by atoms with Crippen LogP contribution in [-0.2, 0) is 18.3 Å². The number of hydrogen-bond acceptors (Lipinski definition) is 3. The number of nitrogens with zero attached hydrogens (tertiary/aromatic N) is 3. The van der Waals surface area contributed by atoms with Crippen molar-refractivity contribution in [2.75, 3.05) is 27.3 Å². The molecule has 0 saturated carbocycles. The lowest BCUT2D eigenvalue weighted by Gasteiger charge is -2.18. The van der Waals surface area contributed by atoms with Crippen molar-refractivity contribution in [3.63, 3.8) is 0 Å². The van der Waals surface area contributed by atoms with E-state index in [1.54, 1.807) is 22.8 Å². The van der Waals surface area contributed by atoms with Gasteiger partial charge >= 0.3 is 0 Å². The summed E-state index contributed by atoms with van der Waals surface area (Å²) < 4.78 is 8.62. The van der Waals surface area contributed by atoms with Crippen LogP contribution in [0.3, 0.4) is 0 Å². The van der Waals surface area contributed by atoms with Crippen molar-refractivity contribution in [1.29, 1.82) is 0 Å². The van der Waals surface area contributed by atoms with Crippen LogP contribution in [0.5, 0.6) is 0 Å². The van der Waals surface area contributed by atoms with Crippen LogP contribution in [-0.4, -0.2) is 47.3 Å². The summed E-state index contributed by atoms with van der Waals surface area (Å²) in [5.41, 5.74) is 1.96. The van der Waals surface area contributed by atoms with Gasteiger partial charge in [0.05, 0.1) is 12.2 Å². The molecule has 144 valence electrons. The Morgan fingerprint density at radius 2 is 2.00 bits per heavy atom. The summed E-state index contributed by atoms with van der Waals surface area (Å²) in [4.78, 5) is 28.1. The van der Waals surface area contributed by atoms with Gasteiger partial charge < -0.3 is 18.8 Å². The summed E-state index contributed by atoms with van der Waals surface area (Å²) >= 11 is 0. The zero-order valence-electron chi connectivity index (χ0n) is 16.5. The number of ether oxygens (including phenoxy) is 1. The third kappa shape index (κ3) is 3.37. The number of fused-ring (bicyclic) bond motifs is 3. The molecule has 3 rings (SSSR count). The molecule has 0 spiro atoms. The van der Waals surface area contributed by atoms with Gasteiger partial charge in [0, 0.05) is 56.8 Å². The highest BCUT2D eigenvalue weighted by atomic mass is 16.5. The molecular weight excluding hydrogens is 342 g/mol. The number of pyridine rings is 1. The highest BCUT2D eigenvalue weighted by Gasteiger charge is 2.22. The molecule has 2 heterocycles. The molecule has 6 nitrogen and oxygen atoms in total. The molecule has 2 aromatic heterocycles. The van der Waals surface area contributed by atoms with E-state index in [-0.39, 0.29) is 11.5 Å². The van der Waals surface area contributed by atoms with E-state index in [4.69, 9.17) is 4.74 Å². The molecule has 0 fully saturated rings.